The van der Waals surface area contributed by atoms with Crippen molar-refractivity contribution in [2.75, 3.05) is 0 Å². The maximum absolute atomic E-state index is 8.70. The highest BCUT2D eigenvalue weighted by molar-refractivity contribution is 6.30. The second-order valence-corrected chi connectivity index (χ2v) is 2.44. The van der Waals surface area contributed by atoms with Crippen molar-refractivity contribution in [3.63, 3.8) is 0 Å². The topological polar surface area (TPSA) is 46.5 Å². The van der Waals surface area contributed by atoms with Crippen LogP contribution in [0.15, 0.2) is 24.3 Å². The molecule has 0 fully saturated rings. The fourth-order valence-electron chi connectivity index (χ4n) is 0.606. The van der Waals surface area contributed by atoms with Crippen LogP contribution in [0.25, 0.3) is 0 Å². The Bertz CT molecular complexity index is 220. The molecule has 0 aliphatic rings. The molecule has 0 amide bonds. The SMILES string of the molecule is Cc1cccc(Cl)c1.O=COO. The molecule has 0 saturated heterocycles. The van der Waals surface area contributed by atoms with Crippen molar-refractivity contribution in [1.29, 1.82) is 0 Å². The zero-order valence-electron chi connectivity index (χ0n) is 6.53. The van der Waals surface area contributed by atoms with Crippen LogP contribution in [0.4, 0.5) is 0 Å². The normalized spacial score (nSPS) is 7.92. The lowest BCUT2D eigenvalue weighted by Gasteiger charge is -1.88. The third kappa shape index (κ3) is 5.70. The Hall–Kier alpha value is -1.06. The van der Waals surface area contributed by atoms with Gasteiger partial charge in [0.25, 0.3) is 0 Å². The summed E-state index contributed by atoms with van der Waals surface area (Å²) in [6.07, 6.45) is 0. The van der Waals surface area contributed by atoms with Crippen LogP contribution < -0.4 is 0 Å². The van der Waals surface area contributed by atoms with Gasteiger partial charge in [-0.1, -0.05) is 23.7 Å². The summed E-state index contributed by atoms with van der Waals surface area (Å²) in [4.78, 5) is 11.6. The average Bonchev–Trinajstić information content (AvgIpc) is 2.04. The molecule has 1 rings (SSSR count). The third-order valence-electron chi connectivity index (χ3n) is 1.02. The molecule has 0 bridgehead atoms. The van der Waals surface area contributed by atoms with Crippen LogP contribution in [0, 0.1) is 6.92 Å². The van der Waals surface area contributed by atoms with Crippen molar-refractivity contribution >= 4 is 18.1 Å². The molecule has 0 saturated carbocycles. The zero-order chi connectivity index (χ0) is 9.40. The van der Waals surface area contributed by atoms with E-state index in [4.69, 9.17) is 21.7 Å². The second-order valence-electron chi connectivity index (χ2n) is 2.00. The summed E-state index contributed by atoms with van der Waals surface area (Å²) in [5, 5.41) is 7.82. The number of rotatable bonds is 1. The average molecular weight is 189 g/mol. The molecule has 66 valence electrons. The first-order valence-corrected chi connectivity index (χ1v) is 3.54. The summed E-state index contributed by atoms with van der Waals surface area (Å²) >= 11 is 5.64. The molecular formula is C8H9ClO3. The Balaban J connectivity index is 0.000000261. The van der Waals surface area contributed by atoms with E-state index >= 15 is 0 Å². The van der Waals surface area contributed by atoms with Gasteiger partial charge in [-0.3, -0.25) is 4.79 Å². The van der Waals surface area contributed by atoms with Crippen molar-refractivity contribution in [2.45, 2.75) is 6.92 Å². The number of carbonyl (C=O) groups excluding carboxylic acids is 1. The number of hydrogen-bond acceptors (Lipinski definition) is 3. The number of halogens is 1. The van der Waals surface area contributed by atoms with E-state index < -0.39 is 0 Å². The minimum Gasteiger partial charge on any atom is -0.304 e. The van der Waals surface area contributed by atoms with Gasteiger partial charge in [0.15, 0.2) is 0 Å². The summed E-state index contributed by atoms with van der Waals surface area (Å²) in [7, 11) is 0. The fourth-order valence-corrected chi connectivity index (χ4v) is 0.850. The minimum atomic E-state index is -0.0694. The van der Waals surface area contributed by atoms with Gasteiger partial charge in [0, 0.05) is 5.02 Å². The van der Waals surface area contributed by atoms with Gasteiger partial charge in [-0.15, -0.1) is 0 Å². The lowest BCUT2D eigenvalue weighted by Crippen LogP contribution is -1.69. The predicted octanol–water partition coefficient (Wildman–Crippen LogP) is 2.28. The Morgan fingerprint density at radius 1 is 1.58 bits per heavy atom. The lowest BCUT2D eigenvalue weighted by molar-refractivity contribution is -0.217. The highest BCUT2D eigenvalue weighted by atomic mass is 35.5. The van der Waals surface area contributed by atoms with E-state index in [0.717, 1.165) is 5.02 Å². The van der Waals surface area contributed by atoms with Crippen LogP contribution in [0.3, 0.4) is 0 Å². The zero-order valence-corrected chi connectivity index (χ0v) is 7.28. The summed E-state index contributed by atoms with van der Waals surface area (Å²) < 4.78 is 0. The van der Waals surface area contributed by atoms with Crippen molar-refractivity contribution in [2.24, 2.45) is 0 Å². The van der Waals surface area contributed by atoms with E-state index in [1.165, 1.54) is 5.56 Å². The van der Waals surface area contributed by atoms with Crippen molar-refractivity contribution in [1.82, 2.24) is 0 Å². The Morgan fingerprint density at radius 3 is 2.42 bits per heavy atom. The molecule has 0 unspecified atom stereocenters. The monoisotopic (exact) mass is 188 g/mol. The van der Waals surface area contributed by atoms with Gasteiger partial charge in [-0.05, 0) is 24.6 Å². The Morgan fingerprint density at radius 2 is 2.17 bits per heavy atom. The quantitative estimate of drug-likeness (QED) is 0.418. The number of benzene rings is 1. The Labute approximate surface area is 75.5 Å². The molecule has 4 heteroatoms. The van der Waals surface area contributed by atoms with Crippen LogP contribution in [-0.4, -0.2) is 11.7 Å². The van der Waals surface area contributed by atoms with Crippen LogP contribution in [-0.2, 0) is 9.68 Å². The first kappa shape index (κ1) is 10.9. The fraction of sp³-hybridized carbons (Fsp3) is 0.125. The standard InChI is InChI=1S/C7H7Cl.CH2O3/c1-6-3-2-4-7(8)5-6;2-1-4-3/h2-5H,1H3;1,3H. The minimum absolute atomic E-state index is 0.0694. The molecule has 0 aromatic heterocycles. The van der Waals surface area contributed by atoms with E-state index in [0.29, 0.717) is 0 Å². The van der Waals surface area contributed by atoms with Gasteiger partial charge in [0.05, 0.1) is 0 Å². The van der Waals surface area contributed by atoms with Crippen molar-refractivity contribution < 1.29 is 14.9 Å². The largest absolute Gasteiger partial charge is 0.330 e. The number of carbonyl (C=O) groups is 1. The van der Waals surface area contributed by atoms with Gasteiger partial charge in [0.1, 0.15) is 0 Å². The van der Waals surface area contributed by atoms with Crippen molar-refractivity contribution in [3.8, 4) is 0 Å². The van der Waals surface area contributed by atoms with E-state index in [2.05, 4.69) is 4.89 Å². The highest BCUT2D eigenvalue weighted by Crippen LogP contribution is 2.08. The molecule has 1 N–H and O–H groups in total. The molecule has 0 aliphatic carbocycles. The third-order valence-corrected chi connectivity index (χ3v) is 1.26. The van der Waals surface area contributed by atoms with Crippen LogP contribution >= 0.6 is 11.6 Å². The Kier molecular flexibility index (Phi) is 6.05. The highest BCUT2D eigenvalue weighted by Gasteiger charge is 1.82. The lowest BCUT2D eigenvalue weighted by atomic mass is 10.2. The van der Waals surface area contributed by atoms with Crippen LogP contribution in [0.5, 0.6) is 0 Å². The molecule has 3 nitrogen and oxygen atoms in total. The molecule has 0 spiro atoms. The predicted molar refractivity (Wildman–Crippen MR) is 46.0 cm³/mol. The second kappa shape index (κ2) is 6.64. The molecular weight excluding hydrogens is 180 g/mol. The number of aryl methyl sites for hydroxylation is 1. The van der Waals surface area contributed by atoms with Crippen LogP contribution in [0.2, 0.25) is 5.02 Å². The van der Waals surface area contributed by atoms with E-state index in [9.17, 15) is 0 Å². The summed E-state index contributed by atoms with van der Waals surface area (Å²) in [6, 6.07) is 7.76. The van der Waals surface area contributed by atoms with Crippen molar-refractivity contribution in [3.05, 3.63) is 34.9 Å². The summed E-state index contributed by atoms with van der Waals surface area (Å²) in [5.74, 6) is 0. The smallest absolute Gasteiger partial charge is 0.304 e. The van der Waals surface area contributed by atoms with E-state index in [1.54, 1.807) is 0 Å². The molecule has 1 aromatic carbocycles. The van der Waals surface area contributed by atoms with Gasteiger partial charge in [0.2, 0.25) is 0 Å². The molecule has 1 aromatic rings. The van der Waals surface area contributed by atoms with Gasteiger partial charge < -0.3 is 4.89 Å². The summed E-state index contributed by atoms with van der Waals surface area (Å²) in [6.45, 7) is 1.95. The molecule has 0 radical (unpaired) electrons. The molecule has 0 atom stereocenters. The summed E-state index contributed by atoms with van der Waals surface area (Å²) in [5.41, 5.74) is 1.21. The molecule has 12 heavy (non-hydrogen) atoms. The van der Waals surface area contributed by atoms with Gasteiger partial charge in [-0.25, -0.2) is 5.26 Å². The first-order chi connectivity index (χ1) is 5.70. The molecule has 0 aliphatic heterocycles. The van der Waals surface area contributed by atoms with Crippen LogP contribution in [0.1, 0.15) is 5.56 Å². The maximum Gasteiger partial charge on any atom is 0.330 e. The first-order valence-electron chi connectivity index (χ1n) is 3.16. The number of hydrogen-bond donors (Lipinski definition) is 1. The van der Waals surface area contributed by atoms with E-state index in [-0.39, 0.29) is 6.47 Å². The maximum atomic E-state index is 8.70. The van der Waals surface area contributed by atoms with E-state index in [1.807, 2.05) is 31.2 Å². The molecule has 0 heterocycles. The van der Waals surface area contributed by atoms with Gasteiger partial charge >= 0.3 is 6.47 Å². The van der Waals surface area contributed by atoms with Gasteiger partial charge in [-0.2, -0.15) is 0 Å².